The molecule has 1 aliphatic heterocycles. The van der Waals surface area contributed by atoms with E-state index in [-0.39, 0.29) is 11.7 Å². The van der Waals surface area contributed by atoms with E-state index in [0.29, 0.717) is 30.4 Å². The molecule has 1 aromatic rings. The maximum absolute atomic E-state index is 11.4. The lowest BCUT2D eigenvalue weighted by atomic mass is 9.92. The van der Waals surface area contributed by atoms with E-state index in [4.69, 9.17) is 21.1 Å². The van der Waals surface area contributed by atoms with Crippen molar-refractivity contribution in [1.82, 2.24) is 0 Å². The predicted octanol–water partition coefficient (Wildman–Crippen LogP) is 3.37. The molecule has 0 unspecified atom stereocenters. The smallest absolute Gasteiger partial charge is 0.165 e. The molecule has 2 rings (SSSR count). The van der Waals surface area contributed by atoms with Gasteiger partial charge in [0.2, 0.25) is 0 Å². The first-order valence-electron chi connectivity index (χ1n) is 6.11. The molecule has 0 amide bonds. The molecule has 0 atom stereocenters. The number of carbonyl (C=O) groups is 1. The Morgan fingerprint density at radius 1 is 1.39 bits per heavy atom. The first-order valence-corrected chi connectivity index (χ1v) is 6.48. The number of halogens is 1. The van der Waals surface area contributed by atoms with E-state index in [1.165, 1.54) is 0 Å². The Bertz CT molecular complexity index is 480. The fourth-order valence-corrected chi connectivity index (χ4v) is 2.52. The number of benzene rings is 1. The van der Waals surface area contributed by atoms with Gasteiger partial charge in [-0.05, 0) is 18.4 Å². The van der Waals surface area contributed by atoms with Crippen molar-refractivity contribution in [2.24, 2.45) is 0 Å². The van der Waals surface area contributed by atoms with Crippen LogP contribution >= 0.6 is 11.6 Å². The van der Waals surface area contributed by atoms with Crippen LogP contribution < -0.4 is 9.47 Å². The van der Waals surface area contributed by atoms with Crippen molar-refractivity contribution in [3.05, 3.63) is 22.2 Å². The Morgan fingerprint density at radius 3 is 2.67 bits per heavy atom. The highest BCUT2D eigenvalue weighted by Gasteiger charge is 2.24. The zero-order valence-corrected chi connectivity index (χ0v) is 11.6. The molecule has 1 aliphatic rings. The quantitative estimate of drug-likeness (QED) is 0.843. The molecular weight excluding hydrogens is 252 g/mol. The van der Waals surface area contributed by atoms with Crippen molar-refractivity contribution in [2.45, 2.75) is 33.1 Å². The predicted molar refractivity (Wildman–Crippen MR) is 70.9 cm³/mol. The van der Waals surface area contributed by atoms with Crippen LogP contribution in [-0.4, -0.2) is 19.0 Å². The number of fused-ring (bicyclic) bond motifs is 1. The summed E-state index contributed by atoms with van der Waals surface area (Å²) in [5.74, 6) is 1.75. The third-order valence-corrected chi connectivity index (χ3v) is 3.27. The third-order valence-electron chi connectivity index (χ3n) is 2.93. The van der Waals surface area contributed by atoms with Crippen molar-refractivity contribution in [3.8, 4) is 11.5 Å². The van der Waals surface area contributed by atoms with Gasteiger partial charge in [-0.3, -0.25) is 4.79 Å². The summed E-state index contributed by atoms with van der Waals surface area (Å²) >= 11 is 6.27. The van der Waals surface area contributed by atoms with Crippen LogP contribution in [-0.2, 0) is 11.2 Å². The van der Waals surface area contributed by atoms with Crippen molar-refractivity contribution in [2.75, 3.05) is 13.2 Å². The van der Waals surface area contributed by atoms with E-state index in [1.54, 1.807) is 13.0 Å². The van der Waals surface area contributed by atoms with Crippen LogP contribution in [0.1, 0.15) is 37.8 Å². The van der Waals surface area contributed by atoms with Crippen molar-refractivity contribution >= 4 is 17.4 Å². The van der Waals surface area contributed by atoms with Crippen molar-refractivity contribution in [3.63, 3.8) is 0 Å². The Labute approximate surface area is 112 Å². The molecule has 0 fully saturated rings. The molecule has 4 heteroatoms. The molecule has 0 radical (unpaired) electrons. The summed E-state index contributed by atoms with van der Waals surface area (Å²) in [6, 6.07) is 1.75. The number of Topliss-reactive ketones (excluding diaryl/α,β-unsaturated/α-hetero) is 1. The second-order valence-corrected chi connectivity index (χ2v) is 5.22. The molecule has 1 aromatic carbocycles. The minimum Gasteiger partial charge on any atom is -0.486 e. The van der Waals surface area contributed by atoms with Gasteiger partial charge >= 0.3 is 0 Å². The third kappa shape index (κ3) is 2.46. The topological polar surface area (TPSA) is 35.5 Å². The summed E-state index contributed by atoms with van der Waals surface area (Å²) in [5, 5.41) is 0.582. The fourth-order valence-electron chi connectivity index (χ4n) is 2.26. The molecule has 0 spiro atoms. The molecule has 3 nitrogen and oxygen atoms in total. The average molecular weight is 269 g/mol. The largest absolute Gasteiger partial charge is 0.486 e. The summed E-state index contributed by atoms with van der Waals surface area (Å²) in [5.41, 5.74) is 1.86. The van der Waals surface area contributed by atoms with Crippen LogP contribution in [0.25, 0.3) is 0 Å². The van der Waals surface area contributed by atoms with E-state index in [9.17, 15) is 4.79 Å². The molecule has 1 heterocycles. The highest BCUT2D eigenvalue weighted by molar-refractivity contribution is 6.32. The molecule has 0 N–H and O–H groups in total. The van der Waals surface area contributed by atoms with E-state index in [1.807, 2.05) is 0 Å². The second-order valence-electron chi connectivity index (χ2n) is 4.81. The molecule has 0 saturated carbocycles. The number of carbonyl (C=O) groups excluding carboxylic acids is 1. The van der Waals surface area contributed by atoms with Crippen LogP contribution in [0.3, 0.4) is 0 Å². The van der Waals surface area contributed by atoms with Crippen molar-refractivity contribution < 1.29 is 14.3 Å². The highest BCUT2D eigenvalue weighted by atomic mass is 35.5. The number of ketones is 1. The molecule has 0 aliphatic carbocycles. The summed E-state index contributed by atoms with van der Waals surface area (Å²) in [7, 11) is 0. The number of rotatable bonds is 3. The number of hydrogen-bond acceptors (Lipinski definition) is 3. The van der Waals surface area contributed by atoms with Crippen LogP contribution in [0.4, 0.5) is 0 Å². The Balaban J connectivity index is 2.60. The Morgan fingerprint density at radius 2 is 2.06 bits per heavy atom. The summed E-state index contributed by atoms with van der Waals surface area (Å²) in [6.07, 6.45) is 0.336. The fraction of sp³-hybridized carbons (Fsp3) is 0.500. The van der Waals surface area contributed by atoms with Crippen LogP contribution in [0, 0.1) is 0 Å². The Hall–Kier alpha value is -1.22. The lowest BCUT2D eigenvalue weighted by Gasteiger charge is -2.25. The van der Waals surface area contributed by atoms with Gasteiger partial charge in [-0.15, -0.1) is 0 Å². The van der Waals surface area contributed by atoms with Gasteiger partial charge in [-0.1, -0.05) is 25.4 Å². The highest BCUT2D eigenvalue weighted by Crippen LogP contribution is 2.43. The van der Waals surface area contributed by atoms with Gasteiger partial charge in [-0.25, -0.2) is 0 Å². The molecule has 98 valence electrons. The zero-order chi connectivity index (χ0) is 13.3. The monoisotopic (exact) mass is 268 g/mol. The normalized spacial score (nSPS) is 13.8. The van der Waals surface area contributed by atoms with E-state index < -0.39 is 0 Å². The summed E-state index contributed by atoms with van der Waals surface area (Å²) < 4.78 is 11.3. The van der Waals surface area contributed by atoms with Gasteiger partial charge in [0.1, 0.15) is 19.0 Å². The number of hydrogen-bond donors (Lipinski definition) is 0. The molecule has 0 bridgehead atoms. The van der Waals surface area contributed by atoms with Crippen LogP contribution in [0.15, 0.2) is 6.07 Å². The minimum atomic E-state index is 0.0930. The Kier molecular flexibility index (Phi) is 3.81. The SMILES string of the molecule is CC(=O)Cc1c(Cl)cc2c(c1C(C)C)OCCO2. The molecule has 18 heavy (non-hydrogen) atoms. The number of ether oxygens (including phenoxy) is 2. The van der Waals surface area contributed by atoms with E-state index in [2.05, 4.69) is 13.8 Å². The van der Waals surface area contributed by atoms with Crippen LogP contribution in [0.5, 0.6) is 11.5 Å². The summed E-state index contributed by atoms with van der Waals surface area (Å²) in [4.78, 5) is 11.4. The molecular formula is C14H17ClO3. The lowest BCUT2D eigenvalue weighted by molar-refractivity contribution is -0.116. The maximum atomic E-state index is 11.4. The lowest BCUT2D eigenvalue weighted by Crippen LogP contribution is -2.18. The van der Waals surface area contributed by atoms with Crippen LogP contribution in [0.2, 0.25) is 5.02 Å². The van der Waals surface area contributed by atoms with Gasteiger partial charge < -0.3 is 9.47 Å². The van der Waals surface area contributed by atoms with Gasteiger partial charge in [0.15, 0.2) is 11.5 Å². The summed E-state index contributed by atoms with van der Waals surface area (Å²) in [6.45, 7) is 6.76. The molecule has 0 saturated heterocycles. The van der Waals surface area contributed by atoms with E-state index >= 15 is 0 Å². The van der Waals surface area contributed by atoms with E-state index in [0.717, 1.165) is 16.9 Å². The van der Waals surface area contributed by atoms with Gasteiger partial charge in [0.05, 0.1) is 0 Å². The first kappa shape index (κ1) is 13.2. The average Bonchev–Trinajstić information content (AvgIpc) is 2.28. The second kappa shape index (κ2) is 5.19. The van der Waals surface area contributed by atoms with Gasteiger partial charge in [0, 0.05) is 23.1 Å². The van der Waals surface area contributed by atoms with Crippen molar-refractivity contribution in [1.29, 1.82) is 0 Å². The van der Waals surface area contributed by atoms with Gasteiger partial charge in [-0.2, -0.15) is 0 Å². The maximum Gasteiger partial charge on any atom is 0.165 e. The van der Waals surface area contributed by atoms with Gasteiger partial charge in [0.25, 0.3) is 0 Å². The zero-order valence-electron chi connectivity index (χ0n) is 10.9. The minimum absolute atomic E-state index is 0.0930. The standard InChI is InChI=1S/C14H17ClO3/c1-8(2)13-10(6-9(3)16)11(15)7-12-14(13)18-5-4-17-12/h7-8H,4-6H2,1-3H3. The molecule has 0 aromatic heterocycles. The first-order chi connectivity index (χ1) is 8.50.